The largest absolute Gasteiger partial charge is 0.509 e. The van der Waals surface area contributed by atoms with Crippen LogP contribution in [0.3, 0.4) is 0 Å². The molecule has 1 amide bonds. The molecule has 2 aliphatic heterocycles. The lowest BCUT2D eigenvalue weighted by Gasteiger charge is -2.31. The number of carbonyl (C=O) groups excluding carboxylic acids is 2. The average Bonchev–Trinajstić information content (AvgIpc) is 3.43. The topological polar surface area (TPSA) is 141 Å². The van der Waals surface area contributed by atoms with Gasteiger partial charge in [-0.25, -0.2) is 9.59 Å². The van der Waals surface area contributed by atoms with Crippen molar-refractivity contribution in [3.8, 4) is 34.1 Å². The van der Waals surface area contributed by atoms with Crippen LogP contribution in [-0.4, -0.2) is 58.5 Å². The molecule has 0 radical (unpaired) electrons. The van der Waals surface area contributed by atoms with Gasteiger partial charge in [0.25, 0.3) is 5.91 Å². The summed E-state index contributed by atoms with van der Waals surface area (Å²) in [7, 11) is 4.58. The molecule has 12 nitrogen and oxygen atoms in total. The highest BCUT2D eigenvalue weighted by atomic mass is 16.8. The Morgan fingerprint density at radius 3 is 2.52 bits per heavy atom. The van der Waals surface area contributed by atoms with Gasteiger partial charge < -0.3 is 42.9 Å². The molecular formula is C32H29NO11. The highest BCUT2D eigenvalue weighted by Crippen LogP contribution is 2.40. The fourth-order valence-electron chi connectivity index (χ4n) is 5.30. The highest BCUT2D eigenvalue weighted by Gasteiger charge is 2.47. The molecule has 2 saturated heterocycles. The minimum atomic E-state index is -0.957. The monoisotopic (exact) mass is 603 g/mol. The fraction of sp³-hybridized carbons (Fsp3) is 0.281. The molecule has 2 aliphatic rings. The van der Waals surface area contributed by atoms with Gasteiger partial charge >= 0.3 is 11.8 Å². The minimum absolute atomic E-state index is 0.0650. The first-order valence-corrected chi connectivity index (χ1v) is 13.7. The van der Waals surface area contributed by atoms with Crippen molar-refractivity contribution in [2.75, 3.05) is 33.3 Å². The number of fused-ring (bicyclic) bond motifs is 2. The van der Waals surface area contributed by atoms with E-state index in [1.807, 2.05) is 24.3 Å². The van der Waals surface area contributed by atoms with Crippen LogP contribution in [0, 0.1) is 6.92 Å². The standard InChI is InChI=1S/C32H29NO11/c1-16-26-19(15-25(39-4)27(16)43-31-28-24(10-11-40-31)41-32(36)44-28)14-22(30(35)42-26)33-29(34)18-8-9-23(38-3)21(13-18)17-6-5-7-20(12-17)37-2/h5-9,12-15,24,28,31H,10-11H2,1-4H3,(H,33,34)/t24-,28-,31?/m1/s1. The Morgan fingerprint density at radius 2 is 1.75 bits per heavy atom. The molecule has 3 atom stereocenters. The number of carbonyl (C=O) groups is 2. The maximum absolute atomic E-state index is 13.3. The zero-order valence-corrected chi connectivity index (χ0v) is 24.3. The van der Waals surface area contributed by atoms with E-state index < -0.39 is 36.2 Å². The van der Waals surface area contributed by atoms with Crippen LogP contribution in [0.5, 0.6) is 23.0 Å². The van der Waals surface area contributed by atoms with E-state index >= 15 is 0 Å². The molecule has 0 aliphatic carbocycles. The van der Waals surface area contributed by atoms with Crippen molar-refractivity contribution in [2.45, 2.75) is 31.8 Å². The molecule has 4 aromatic rings. The van der Waals surface area contributed by atoms with Crippen molar-refractivity contribution >= 4 is 28.7 Å². The van der Waals surface area contributed by atoms with E-state index in [9.17, 15) is 14.4 Å². The zero-order valence-electron chi connectivity index (χ0n) is 24.3. The van der Waals surface area contributed by atoms with Crippen molar-refractivity contribution < 1.29 is 47.2 Å². The zero-order chi connectivity index (χ0) is 31.0. The Hall–Kier alpha value is -5.23. The molecule has 44 heavy (non-hydrogen) atoms. The molecule has 12 heteroatoms. The van der Waals surface area contributed by atoms with Gasteiger partial charge in [-0.1, -0.05) is 12.1 Å². The molecule has 3 aromatic carbocycles. The Bertz CT molecular complexity index is 1810. The molecule has 1 aromatic heterocycles. The van der Waals surface area contributed by atoms with Gasteiger partial charge in [-0.05, 0) is 55.0 Å². The van der Waals surface area contributed by atoms with E-state index in [1.54, 1.807) is 45.4 Å². The first kappa shape index (κ1) is 28.9. The van der Waals surface area contributed by atoms with Gasteiger partial charge in [-0.2, -0.15) is 0 Å². The average molecular weight is 604 g/mol. The van der Waals surface area contributed by atoms with Gasteiger partial charge in [0, 0.05) is 28.5 Å². The smallest absolute Gasteiger partial charge is 0.497 e. The van der Waals surface area contributed by atoms with Gasteiger partial charge in [-0.3, -0.25) is 4.79 Å². The molecule has 2 fully saturated rings. The maximum atomic E-state index is 13.3. The quantitative estimate of drug-likeness (QED) is 0.213. The van der Waals surface area contributed by atoms with Gasteiger partial charge in [0.15, 0.2) is 17.6 Å². The summed E-state index contributed by atoms with van der Waals surface area (Å²) < 4.78 is 44.3. The van der Waals surface area contributed by atoms with Gasteiger partial charge in [-0.15, -0.1) is 0 Å². The summed E-state index contributed by atoms with van der Waals surface area (Å²) in [4.78, 5) is 38.1. The molecular weight excluding hydrogens is 574 g/mol. The summed E-state index contributed by atoms with van der Waals surface area (Å²) in [5, 5.41) is 3.14. The summed E-state index contributed by atoms with van der Waals surface area (Å²) in [6, 6.07) is 15.4. The number of ether oxygens (including phenoxy) is 7. The predicted molar refractivity (Wildman–Crippen MR) is 157 cm³/mol. The van der Waals surface area contributed by atoms with Crippen LogP contribution in [0.2, 0.25) is 0 Å². The maximum Gasteiger partial charge on any atom is 0.509 e. The van der Waals surface area contributed by atoms with Crippen LogP contribution in [0.4, 0.5) is 10.5 Å². The van der Waals surface area contributed by atoms with E-state index in [0.29, 0.717) is 52.4 Å². The number of nitrogens with one attached hydrogen (secondary N) is 1. The molecule has 6 rings (SSSR count). The number of methoxy groups -OCH3 is 3. The third-order valence-electron chi connectivity index (χ3n) is 7.51. The molecule has 0 saturated carbocycles. The van der Waals surface area contributed by atoms with Crippen LogP contribution < -0.4 is 29.9 Å². The molecule has 0 bridgehead atoms. The number of aryl methyl sites for hydroxylation is 1. The summed E-state index contributed by atoms with van der Waals surface area (Å²) in [5.41, 5.74) is 1.59. The second-order valence-electron chi connectivity index (χ2n) is 10.1. The third kappa shape index (κ3) is 5.35. The van der Waals surface area contributed by atoms with Crippen molar-refractivity contribution in [1.29, 1.82) is 0 Å². The first-order chi connectivity index (χ1) is 21.3. The minimum Gasteiger partial charge on any atom is -0.497 e. The predicted octanol–water partition coefficient (Wildman–Crippen LogP) is 5.08. The van der Waals surface area contributed by atoms with Crippen molar-refractivity contribution in [1.82, 2.24) is 0 Å². The van der Waals surface area contributed by atoms with Gasteiger partial charge in [0.2, 0.25) is 12.4 Å². The van der Waals surface area contributed by atoms with E-state index in [4.69, 9.17) is 37.6 Å². The third-order valence-corrected chi connectivity index (χ3v) is 7.51. The molecule has 1 unspecified atom stereocenters. The second-order valence-corrected chi connectivity index (χ2v) is 10.1. The fourth-order valence-corrected chi connectivity index (χ4v) is 5.30. The highest BCUT2D eigenvalue weighted by molar-refractivity contribution is 6.06. The molecule has 228 valence electrons. The lowest BCUT2D eigenvalue weighted by molar-refractivity contribution is -0.175. The van der Waals surface area contributed by atoms with Crippen LogP contribution in [-0.2, 0) is 14.2 Å². The van der Waals surface area contributed by atoms with Gasteiger partial charge in [0.05, 0.1) is 27.9 Å². The second kappa shape index (κ2) is 11.8. The Balaban J connectivity index is 1.30. The van der Waals surface area contributed by atoms with Crippen LogP contribution >= 0.6 is 0 Å². The van der Waals surface area contributed by atoms with E-state index in [-0.39, 0.29) is 17.0 Å². The number of amides is 1. The summed E-state index contributed by atoms with van der Waals surface area (Å²) >= 11 is 0. The van der Waals surface area contributed by atoms with Crippen LogP contribution in [0.1, 0.15) is 22.3 Å². The number of benzene rings is 3. The van der Waals surface area contributed by atoms with Crippen molar-refractivity contribution in [3.63, 3.8) is 0 Å². The van der Waals surface area contributed by atoms with E-state index in [0.717, 1.165) is 5.56 Å². The lowest BCUT2D eigenvalue weighted by Crippen LogP contribution is -2.46. The normalized spacial score (nSPS) is 19.0. The summed E-state index contributed by atoms with van der Waals surface area (Å²) in [5.74, 6) is 1.25. The lowest BCUT2D eigenvalue weighted by atomic mass is 10.0. The van der Waals surface area contributed by atoms with E-state index in [2.05, 4.69) is 5.32 Å². The molecule has 3 heterocycles. The first-order valence-electron chi connectivity index (χ1n) is 13.7. The number of anilines is 1. The number of hydrogen-bond acceptors (Lipinski definition) is 11. The van der Waals surface area contributed by atoms with Gasteiger partial charge in [0.1, 0.15) is 22.8 Å². The molecule has 1 N–H and O–H groups in total. The van der Waals surface area contributed by atoms with Crippen LogP contribution in [0.25, 0.3) is 22.1 Å². The van der Waals surface area contributed by atoms with Crippen molar-refractivity contribution in [3.05, 3.63) is 76.1 Å². The van der Waals surface area contributed by atoms with Crippen LogP contribution in [0.15, 0.2) is 63.8 Å². The molecule has 0 spiro atoms. The number of hydrogen-bond donors (Lipinski definition) is 1. The summed E-state index contributed by atoms with van der Waals surface area (Å²) in [6.45, 7) is 1.99. The Labute approximate surface area is 251 Å². The van der Waals surface area contributed by atoms with Crippen molar-refractivity contribution in [2.24, 2.45) is 0 Å². The Kier molecular flexibility index (Phi) is 7.75. The SMILES string of the molecule is COc1cccc(-c2cc(C(=O)Nc3cc4cc(OC)c(OC5OCC[C@H]6OC(=O)O[C@@H]56)c(C)c4oc3=O)ccc2OC)c1. The number of rotatable bonds is 8. The van der Waals surface area contributed by atoms with E-state index in [1.165, 1.54) is 13.2 Å². The Morgan fingerprint density at radius 1 is 0.932 bits per heavy atom. The summed E-state index contributed by atoms with van der Waals surface area (Å²) in [6.07, 6.45) is -2.51.